The highest BCUT2D eigenvalue weighted by molar-refractivity contribution is 7.99. The Morgan fingerprint density at radius 2 is 1.44 bits per heavy atom. The van der Waals surface area contributed by atoms with Gasteiger partial charge in [-0.1, -0.05) is 83.0 Å². The van der Waals surface area contributed by atoms with Crippen LogP contribution in [-0.2, 0) is 0 Å². The average molecular weight is 537 g/mol. The summed E-state index contributed by atoms with van der Waals surface area (Å²) in [6, 6.07) is 29.0. The summed E-state index contributed by atoms with van der Waals surface area (Å²) in [6.07, 6.45) is 2.08. The molecule has 0 atom stereocenters. The molecule has 0 aliphatic carbocycles. The van der Waals surface area contributed by atoms with Gasteiger partial charge in [-0.2, -0.15) is 0 Å². The monoisotopic (exact) mass is 536 g/mol. The van der Waals surface area contributed by atoms with Gasteiger partial charge in [0.25, 0.3) is 0 Å². The summed E-state index contributed by atoms with van der Waals surface area (Å²) in [6.45, 7) is 8.26. The molecule has 0 aliphatic heterocycles. The highest BCUT2D eigenvalue weighted by atomic mass is 35.5. The third-order valence-corrected chi connectivity index (χ3v) is 6.69. The summed E-state index contributed by atoms with van der Waals surface area (Å²) in [4.78, 5) is 15.3. The second-order valence-corrected chi connectivity index (χ2v) is 10.1. The zero-order valence-electron chi connectivity index (χ0n) is 20.8. The van der Waals surface area contributed by atoms with Crippen molar-refractivity contribution in [2.24, 2.45) is 0 Å². The van der Waals surface area contributed by atoms with Crippen molar-refractivity contribution in [2.45, 2.75) is 42.4 Å². The summed E-state index contributed by atoms with van der Waals surface area (Å²) in [5, 5.41) is 0.595. The van der Waals surface area contributed by atoms with Gasteiger partial charge in [-0.15, -0.1) is 12.6 Å². The lowest BCUT2D eigenvalue weighted by atomic mass is 10.0. The molecule has 0 fully saturated rings. The van der Waals surface area contributed by atoms with Crippen LogP contribution in [0.15, 0.2) is 123 Å². The molecule has 5 heteroatoms. The third kappa shape index (κ3) is 10.4. The topological polar surface area (TPSA) is 17.1 Å². The summed E-state index contributed by atoms with van der Waals surface area (Å²) >= 11 is 11.9. The van der Waals surface area contributed by atoms with Gasteiger partial charge in [-0.25, -0.2) is 4.39 Å². The normalized spacial score (nSPS) is 9.75. The minimum atomic E-state index is -0.220. The van der Waals surface area contributed by atoms with Crippen LogP contribution in [0.2, 0.25) is 5.02 Å². The van der Waals surface area contributed by atoms with Crippen LogP contribution in [0.5, 0.6) is 0 Å². The van der Waals surface area contributed by atoms with E-state index in [2.05, 4.69) is 63.7 Å². The highest BCUT2D eigenvalue weighted by Crippen LogP contribution is 2.34. The highest BCUT2D eigenvalue weighted by Gasteiger charge is 2.11. The van der Waals surface area contributed by atoms with E-state index in [0.717, 1.165) is 14.7 Å². The van der Waals surface area contributed by atoms with Crippen LogP contribution in [0.1, 0.15) is 42.3 Å². The molecule has 4 rings (SSSR count). The van der Waals surface area contributed by atoms with Gasteiger partial charge >= 0.3 is 0 Å². The van der Waals surface area contributed by atoms with E-state index < -0.39 is 0 Å². The predicted octanol–water partition coefficient (Wildman–Crippen LogP) is 10.1. The Hall–Kier alpha value is -2.79. The van der Waals surface area contributed by atoms with E-state index in [1.807, 2.05) is 49.4 Å². The SMILES string of the molecule is CC=C(C)C.Cc1ccc(Sc2ccc(C(=O)c3ccccc3)cc2Cl)cc1.Fc1ccc(S)cc1. The molecule has 0 heterocycles. The fraction of sp³-hybridized carbons (Fsp3) is 0.129. The maximum atomic E-state index is 12.4. The number of allylic oxidation sites excluding steroid dienone is 2. The molecule has 0 aliphatic rings. The van der Waals surface area contributed by atoms with Crippen molar-refractivity contribution in [3.8, 4) is 0 Å². The average Bonchev–Trinajstić information content (AvgIpc) is 2.89. The number of hydrogen-bond acceptors (Lipinski definition) is 3. The number of halogens is 2. The molecular formula is C31H30ClFOS2. The van der Waals surface area contributed by atoms with Gasteiger partial charge in [-0.05, 0) is 82.3 Å². The van der Waals surface area contributed by atoms with Crippen LogP contribution < -0.4 is 0 Å². The molecule has 36 heavy (non-hydrogen) atoms. The van der Waals surface area contributed by atoms with Gasteiger partial charge in [0.05, 0.1) is 5.02 Å². The quantitative estimate of drug-likeness (QED) is 0.159. The van der Waals surface area contributed by atoms with E-state index in [-0.39, 0.29) is 11.6 Å². The van der Waals surface area contributed by atoms with Gasteiger partial charge in [0.2, 0.25) is 0 Å². The van der Waals surface area contributed by atoms with Gasteiger partial charge in [0, 0.05) is 25.8 Å². The van der Waals surface area contributed by atoms with Gasteiger partial charge in [0.15, 0.2) is 5.78 Å². The number of hydrogen-bond donors (Lipinski definition) is 1. The van der Waals surface area contributed by atoms with E-state index >= 15 is 0 Å². The van der Waals surface area contributed by atoms with E-state index in [1.54, 1.807) is 30.0 Å². The molecule has 186 valence electrons. The first-order valence-corrected chi connectivity index (χ1v) is 13.0. The number of aryl methyl sites for hydroxylation is 1. The molecule has 1 nitrogen and oxygen atoms in total. The van der Waals surface area contributed by atoms with Crippen molar-refractivity contribution < 1.29 is 9.18 Å². The summed E-state index contributed by atoms with van der Waals surface area (Å²) in [5.74, 6) is -0.234. The zero-order chi connectivity index (χ0) is 26.5. The second-order valence-electron chi connectivity index (χ2n) is 8.10. The van der Waals surface area contributed by atoms with Crippen LogP contribution in [0, 0.1) is 12.7 Å². The van der Waals surface area contributed by atoms with E-state index in [9.17, 15) is 9.18 Å². The van der Waals surface area contributed by atoms with Crippen molar-refractivity contribution in [1.82, 2.24) is 0 Å². The first-order valence-electron chi connectivity index (χ1n) is 11.4. The molecule has 0 aromatic heterocycles. The number of benzene rings is 4. The predicted molar refractivity (Wildman–Crippen MR) is 155 cm³/mol. The van der Waals surface area contributed by atoms with Crippen LogP contribution in [0.4, 0.5) is 4.39 Å². The fourth-order valence-electron chi connectivity index (χ4n) is 2.66. The Morgan fingerprint density at radius 3 is 1.94 bits per heavy atom. The van der Waals surface area contributed by atoms with Crippen molar-refractivity contribution in [3.05, 3.63) is 136 Å². The zero-order valence-corrected chi connectivity index (χ0v) is 23.3. The van der Waals surface area contributed by atoms with Crippen molar-refractivity contribution in [1.29, 1.82) is 0 Å². The summed E-state index contributed by atoms with van der Waals surface area (Å²) < 4.78 is 12.1. The van der Waals surface area contributed by atoms with Crippen molar-refractivity contribution in [3.63, 3.8) is 0 Å². The lowest BCUT2D eigenvalue weighted by Gasteiger charge is -2.07. The number of thiol groups is 1. The molecule has 0 radical (unpaired) electrons. The second kappa shape index (κ2) is 15.4. The Morgan fingerprint density at radius 1 is 0.861 bits per heavy atom. The molecular weight excluding hydrogens is 507 g/mol. The summed E-state index contributed by atoms with van der Waals surface area (Å²) in [5.41, 5.74) is 3.88. The standard InChI is InChI=1S/C20H15ClOS.C6H5FS.C5H10/c1-14-7-10-17(11-8-14)23-19-12-9-16(13-18(19)21)20(22)15-5-3-2-4-6-15;7-5-1-3-6(8)4-2-5;1-4-5(2)3/h2-13H,1H3;1-4,8H;4H,1-3H3. The minimum absolute atomic E-state index is 0.0145. The Labute approximate surface area is 228 Å². The van der Waals surface area contributed by atoms with Crippen LogP contribution in [-0.4, -0.2) is 5.78 Å². The molecule has 0 bridgehead atoms. The Bertz CT molecular complexity index is 1240. The summed E-state index contributed by atoms with van der Waals surface area (Å²) in [7, 11) is 0. The molecule has 0 unspecified atom stereocenters. The maximum absolute atomic E-state index is 12.4. The first kappa shape index (κ1) is 29.4. The largest absolute Gasteiger partial charge is 0.289 e. The molecule has 0 N–H and O–H groups in total. The van der Waals surface area contributed by atoms with Crippen molar-refractivity contribution >= 4 is 41.8 Å². The molecule has 0 saturated carbocycles. The number of carbonyl (C=O) groups excluding carboxylic acids is 1. The van der Waals surface area contributed by atoms with Crippen molar-refractivity contribution in [2.75, 3.05) is 0 Å². The lowest BCUT2D eigenvalue weighted by molar-refractivity contribution is 0.103. The fourth-order valence-corrected chi connectivity index (χ4v) is 3.92. The number of carbonyl (C=O) groups is 1. The third-order valence-electron chi connectivity index (χ3n) is 4.88. The molecule has 0 spiro atoms. The lowest BCUT2D eigenvalue weighted by Crippen LogP contribution is -2.00. The van der Waals surface area contributed by atoms with E-state index in [4.69, 9.17) is 11.6 Å². The first-order chi connectivity index (χ1) is 17.2. The number of rotatable bonds is 4. The van der Waals surface area contributed by atoms with Gasteiger partial charge < -0.3 is 0 Å². The van der Waals surface area contributed by atoms with Gasteiger partial charge in [-0.3, -0.25) is 4.79 Å². The van der Waals surface area contributed by atoms with Gasteiger partial charge in [0.1, 0.15) is 5.82 Å². The molecule has 0 amide bonds. The van der Waals surface area contributed by atoms with Crippen LogP contribution in [0.3, 0.4) is 0 Å². The smallest absolute Gasteiger partial charge is 0.193 e. The van der Waals surface area contributed by atoms with Crippen LogP contribution in [0.25, 0.3) is 0 Å². The molecule has 4 aromatic rings. The maximum Gasteiger partial charge on any atom is 0.193 e. The number of ketones is 1. The molecule has 4 aromatic carbocycles. The van der Waals surface area contributed by atoms with E-state index in [0.29, 0.717) is 16.1 Å². The Kier molecular flexibility index (Phi) is 12.6. The van der Waals surface area contributed by atoms with E-state index in [1.165, 1.54) is 23.3 Å². The molecule has 0 saturated heterocycles. The van der Waals surface area contributed by atoms with Crippen LogP contribution >= 0.6 is 36.0 Å². The minimum Gasteiger partial charge on any atom is -0.289 e. The Balaban J connectivity index is 0.000000288.